The molecule has 1 aliphatic rings. The van der Waals surface area contributed by atoms with Gasteiger partial charge in [-0.2, -0.15) is 0 Å². The lowest BCUT2D eigenvalue weighted by molar-refractivity contribution is -0.137. The van der Waals surface area contributed by atoms with Gasteiger partial charge in [0, 0.05) is 94.9 Å². The number of aliphatic hydroxyl groups is 1. The average molecular weight is 1870 g/mol. The molecule has 0 bridgehead atoms. The first kappa shape index (κ1) is 107. The van der Waals surface area contributed by atoms with Crippen molar-refractivity contribution in [1.82, 2.24) is 105 Å². The Labute approximate surface area is 786 Å². The number of H-pyrrole nitrogens is 4. The summed E-state index contributed by atoms with van der Waals surface area (Å²) in [6.07, 6.45) is 10.5. The third kappa shape index (κ3) is 31.1. The fourth-order valence-corrected chi connectivity index (χ4v) is 16.1. The van der Waals surface area contributed by atoms with E-state index in [-0.39, 0.29) is 94.1 Å². The van der Waals surface area contributed by atoms with Crippen LogP contribution >= 0.6 is 0 Å². The van der Waals surface area contributed by atoms with E-state index < -0.39 is 197 Å². The molecule has 0 unspecified atom stereocenters. The number of aromatic nitrogens is 4. The highest BCUT2D eigenvalue weighted by Crippen LogP contribution is 2.25. The van der Waals surface area contributed by atoms with Crippen molar-refractivity contribution in [3.05, 3.63) is 136 Å². The summed E-state index contributed by atoms with van der Waals surface area (Å²) in [5.74, 6) is -14.6. The molecular formula is C98H138N20O17. The van der Waals surface area contributed by atoms with E-state index in [0.29, 0.717) is 55.5 Å². The number of para-hydroxylation sites is 3. The van der Waals surface area contributed by atoms with Crippen LogP contribution in [0.1, 0.15) is 173 Å². The van der Waals surface area contributed by atoms with Crippen molar-refractivity contribution in [3.8, 4) is 0 Å². The number of carbonyl (C=O) groups excluding carboxylic acids is 16. The second-order valence-corrected chi connectivity index (χ2v) is 37.9. The van der Waals surface area contributed by atoms with E-state index in [9.17, 15) is 53.1 Å². The summed E-state index contributed by atoms with van der Waals surface area (Å²) in [4.78, 5) is 241. The Morgan fingerprint density at radius 1 is 0.326 bits per heavy atom. The van der Waals surface area contributed by atoms with Gasteiger partial charge in [-0.1, -0.05) is 165 Å². The highest BCUT2D eigenvalue weighted by Gasteiger charge is 2.41. The summed E-state index contributed by atoms with van der Waals surface area (Å²) in [5.41, 5.74) is 7.90. The minimum absolute atomic E-state index is 0.00874. The van der Waals surface area contributed by atoms with Gasteiger partial charge in [-0.15, -0.1) is 5.73 Å². The summed E-state index contributed by atoms with van der Waals surface area (Å²) >= 11 is 0. The molecule has 7 aromatic rings. The van der Waals surface area contributed by atoms with Gasteiger partial charge in [0.05, 0.1) is 18.5 Å². The predicted molar refractivity (Wildman–Crippen MR) is 512 cm³/mol. The molecule has 0 radical (unpaired) electrons. The topological polar surface area (TPSA) is 549 Å². The van der Waals surface area contributed by atoms with E-state index in [2.05, 4.69) is 111 Å². The highest BCUT2D eigenvalue weighted by atomic mass is 16.3. The molecule has 732 valence electrons. The maximum Gasteiger partial charge on any atom is 0.243 e. The molecule has 0 saturated carbocycles. The summed E-state index contributed by atoms with van der Waals surface area (Å²) in [5, 5.41) is 57.0. The molecule has 3 aromatic carbocycles. The first-order chi connectivity index (χ1) is 63.9. The van der Waals surface area contributed by atoms with Crippen LogP contribution in [-0.2, 0) is 102 Å². The molecular weight excluding hydrogens is 1730 g/mol. The normalized spacial score (nSPS) is 14.9. The zero-order chi connectivity index (χ0) is 99.4. The predicted octanol–water partition coefficient (Wildman–Crippen LogP) is 1.95. The maximum atomic E-state index is 15.6. The zero-order valence-corrected chi connectivity index (χ0v) is 80.4. The van der Waals surface area contributed by atoms with Crippen LogP contribution in [0.5, 0.6) is 0 Å². The molecule has 37 heteroatoms. The molecule has 0 spiro atoms. The smallest absolute Gasteiger partial charge is 0.243 e. The van der Waals surface area contributed by atoms with Crippen LogP contribution in [0.2, 0.25) is 0 Å². The Bertz CT molecular complexity index is 5520. The van der Waals surface area contributed by atoms with Crippen molar-refractivity contribution < 1.29 is 81.8 Å². The minimum atomic E-state index is -1.48. The lowest BCUT2D eigenvalue weighted by Gasteiger charge is -2.31. The molecule has 0 aliphatic heterocycles. The summed E-state index contributed by atoms with van der Waals surface area (Å²) in [6, 6.07) is 3.79. The van der Waals surface area contributed by atoms with Crippen molar-refractivity contribution in [2.24, 2.45) is 47.3 Å². The summed E-state index contributed by atoms with van der Waals surface area (Å²) in [7, 11) is 0. The van der Waals surface area contributed by atoms with Crippen LogP contribution in [0.3, 0.4) is 0 Å². The number of fused-ring (bicyclic) bond motifs is 4. The lowest BCUT2D eigenvalue weighted by Crippen LogP contribution is -2.62. The SMILES string of the molecule is CC(C)C[C@@H](NC(=O)[C@H](C)NC(=O)CNC(=O)[C@@H](NC=O)C(C)C)C(=O)N[C@@H](C)C(=O)N[C@@H](C(=O)N[C@H](C(=O)N[C@@H](C(=O)N[C@@H](Cc1c[nH]c2ccccc12)C(=O)N[C@H](CC(C)C)C(=O)N[C@@H](Cc1c[nH]c2ccccc12)C(=O)N[C@H](CC(C)C)C(=O)N[C@@H](Cc1c[nH]c2c1=C=CC=2)C(=O)N[C@H](CC(C)C)C(=O)N[C@@H](Cc1c[nH]c2ccccc12)C(=O)NCCO)C(C)C)C(C)C)C(C)C. The van der Waals surface area contributed by atoms with Crippen LogP contribution < -0.4 is 95.6 Å². The Balaban J connectivity index is 0.998. The van der Waals surface area contributed by atoms with Gasteiger partial charge in [-0.05, 0) is 139 Å². The number of nitrogens with one attached hydrogen (secondary N) is 20. The third-order valence-corrected chi connectivity index (χ3v) is 23.4. The summed E-state index contributed by atoms with van der Waals surface area (Å²) < 4.78 is 0. The number of rotatable bonds is 53. The number of carbonyl (C=O) groups is 16. The molecule has 1 aliphatic carbocycles. The van der Waals surface area contributed by atoms with E-state index in [4.69, 9.17) is 0 Å². The lowest BCUT2D eigenvalue weighted by atomic mass is 9.97. The molecule has 8 rings (SSSR count). The number of amides is 16. The van der Waals surface area contributed by atoms with Gasteiger partial charge in [0.1, 0.15) is 84.6 Å². The van der Waals surface area contributed by atoms with Gasteiger partial charge < -0.3 is 110 Å². The van der Waals surface area contributed by atoms with E-state index >= 15 is 28.8 Å². The largest absolute Gasteiger partial charge is 0.395 e. The summed E-state index contributed by atoms with van der Waals surface area (Å²) in [6.45, 7) is 29.7. The van der Waals surface area contributed by atoms with Gasteiger partial charge >= 0.3 is 0 Å². The van der Waals surface area contributed by atoms with Crippen LogP contribution in [-0.4, -0.2) is 224 Å². The highest BCUT2D eigenvalue weighted by molar-refractivity contribution is 6.02. The van der Waals surface area contributed by atoms with Crippen molar-refractivity contribution in [2.75, 3.05) is 19.7 Å². The first-order valence-electron chi connectivity index (χ1n) is 46.5. The van der Waals surface area contributed by atoms with Crippen LogP contribution in [0, 0.1) is 47.3 Å². The molecule has 16 amide bonds. The Hall–Kier alpha value is -13.4. The van der Waals surface area contributed by atoms with E-state index in [1.54, 1.807) is 112 Å². The first-order valence-corrected chi connectivity index (χ1v) is 46.5. The van der Waals surface area contributed by atoms with Gasteiger partial charge in [-0.3, -0.25) is 76.7 Å². The molecule has 0 saturated heterocycles. The van der Waals surface area contributed by atoms with E-state index in [1.165, 1.54) is 13.8 Å². The average Bonchev–Trinajstić information content (AvgIpc) is 1.71. The van der Waals surface area contributed by atoms with E-state index in [1.807, 2.05) is 108 Å². The molecule has 21 N–H and O–H groups in total. The van der Waals surface area contributed by atoms with Crippen LogP contribution in [0.4, 0.5) is 0 Å². The van der Waals surface area contributed by atoms with Crippen LogP contribution in [0.15, 0.2) is 104 Å². The maximum absolute atomic E-state index is 15.6. The van der Waals surface area contributed by atoms with Gasteiger partial charge in [0.15, 0.2) is 0 Å². The molecule has 14 atom stereocenters. The Kier molecular flexibility index (Phi) is 40.1. The van der Waals surface area contributed by atoms with Crippen molar-refractivity contribution in [2.45, 2.75) is 261 Å². The fraction of sp³-hybridized carbons (Fsp3) is 0.520. The van der Waals surface area contributed by atoms with Crippen molar-refractivity contribution in [1.29, 1.82) is 0 Å². The van der Waals surface area contributed by atoms with Crippen molar-refractivity contribution >= 4 is 140 Å². The number of hydrogen-bond donors (Lipinski definition) is 21. The minimum Gasteiger partial charge on any atom is -0.395 e. The standard InChI is InChI=1S/C98H138N20O17/c1-50(2)36-72(108-85(122)58(17)106-80(121)48-104-95(132)81(54(9)10)105-49-120)88(125)107-59(18)86(123)116-83(56(13)14)97(134)118-84(57(15)16)98(135)117-82(55(11)12)96(133)115-79(43-62-46-102-70-32-24-21-28-66(62)70)94(131)111-75(39-53(7)8)91(128)113-77(41-61-45-101-69-31-23-20-27-65(61)69)92(129)110-74(38-52(5)6)90(127)114-78(42-63-47-103-71-33-25-29-67(63)71)93(130)109-73(37-51(3)4)89(126)112-76(87(124)99-34-35-119)40-60-44-100-68-30-22-19-26-64(60)68/h19-28,30-33,44-47,49-59,72-79,81-84,100-103,119H,34-43,48H2,1-18H3,(H,99,124)(H,104,132)(H,105,120)(H,106,121)(H,107,125)(H,108,122)(H,109,130)(H,110,129)(H,111,131)(H,112,126)(H,113,128)(H,114,127)(H,115,133)(H,116,123)(H,117,135)(H,118,134)/t58-,59-,72+,73+,74+,75+,76-,77-,78-,79-,81-,82+,83+,84-/m0/s1. The molecule has 0 fully saturated rings. The van der Waals surface area contributed by atoms with E-state index in [0.717, 1.165) is 16.5 Å². The number of aliphatic hydroxyl groups excluding tert-OH is 1. The van der Waals surface area contributed by atoms with Gasteiger partial charge in [0.25, 0.3) is 0 Å². The number of hydrogen-bond acceptors (Lipinski definition) is 17. The van der Waals surface area contributed by atoms with Gasteiger partial charge in [0.2, 0.25) is 95.0 Å². The second kappa shape index (κ2) is 50.6. The van der Waals surface area contributed by atoms with Crippen LogP contribution in [0.25, 0.3) is 44.5 Å². The Morgan fingerprint density at radius 2 is 0.630 bits per heavy atom. The molecule has 135 heavy (non-hydrogen) atoms. The third-order valence-electron chi connectivity index (χ3n) is 23.4. The fourth-order valence-electron chi connectivity index (χ4n) is 16.1. The zero-order valence-electron chi connectivity index (χ0n) is 80.4. The molecule has 37 nitrogen and oxygen atoms in total. The number of benzene rings is 3. The molecule has 4 aromatic heterocycles. The Morgan fingerprint density at radius 3 is 1.00 bits per heavy atom. The second-order valence-electron chi connectivity index (χ2n) is 37.9. The quantitative estimate of drug-likeness (QED) is 0.0242. The monoisotopic (exact) mass is 1870 g/mol. The molecule has 4 heterocycles. The number of allylic oxidation sites excluding steroid dienone is 1. The van der Waals surface area contributed by atoms with Gasteiger partial charge in [-0.25, -0.2) is 0 Å². The van der Waals surface area contributed by atoms with Crippen molar-refractivity contribution in [3.63, 3.8) is 0 Å². The number of aromatic amines is 4.